The Kier molecular flexibility index (Phi) is 7.16. The van der Waals surface area contributed by atoms with E-state index in [-0.39, 0.29) is 25.4 Å². The fourth-order valence-electron chi connectivity index (χ4n) is 2.54. The van der Waals surface area contributed by atoms with Crippen LogP contribution in [-0.4, -0.2) is 91.9 Å². The summed E-state index contributed by atoms with van der Waals surface area (Å²) in [5.74, 6) is -2.60. The van der Waals surface area contributed by atoms with E-state index < -0.39 is 53.2 Å². The molecular weight excluding hydrogens is 372 g/mol. The van der Waals surface area contributed by atoms with Crippen molar-refractivity contribution in [3.05, 3.63) is 11.6 Å². The van der Waals surface area contributed by atoms with Gasteiger partial charge in [-0.15, -0.1) is 0 Å². The fourth-order valence-corrected chi connectivity index (χ4v) is 2.81. The summed E-state index contributed by atoms with van der Waals surface area (Å²) in [5.41, 5.74) is 0.425. The average molecular weight is 389 g/mol. The molecule has 0 unspecified atom stereocenters. The molecule has 26 heavy (non-hydrogen) atoms. The summed E-state index contributed by atoms with van der Waals surface area (Å²) >= 11 is 0. The number of carboxylic acid groups (broad SMARTS) is 1. The number of hydroxylamine groups is 2. The minimum absolute atomic E-state index is 0. The van der Waals surface area contributed by atoms with Crippen molar-refractivity contribution in [2.75, 3.05) is 13.2 Å². The van der Waals surface area contributed by atoms with Crippen LogP contribution in [0.25, 0.3) is 0 Å². The Hall–Kier alpha value is -1.69. The molecule has 1 fully saturated rings. The van der Waals surface area contributed by atoms with Gasteiger partial charge in [-0.3, -0.25) is 4.79 Å². The molecule has 3 atom stereocenters. The Labute approximate surface area is 159 Å². The monoisotopic (exact) mass is 389 g/mol. The van der Waals surface area contributed by atoms with Crippen molar-refractivity contribution in [2.24, 2.45) is 5.14 Å². The molecule has 0 saturated carbocycles. The second-order valence-electron chi connectivity index (χ2n) is 5.31. The zero-order chi connectivity index (χ0) is 18.9. The second-order valence-corrected chi connectivity index (χ2v) is 6.69. The van der Waals surface area contributed by atoms with Crippen LogP contribution in [0, 0.1) is 0 Å². The van der Waals surface area contributed by atoms with Gasteiger partial charge in [-0.05, 0) is 12.5 Å². The summed E-state index contributed by atoms with van der Waals surface area (Å²) in [4.78, 5) is 40.6. The summed E-state index contributed by atoms with van der Waals surface area (Å²) in [7, 11) is -4.00. The van der Waals surface area contributed by atoms with E-state index in [2.05, 4.69) is 10.2 Å². The van der Waals surface area contributed by atoms with Crippen LogP contribution < -0.4 is 15.2 Å². The van der Waals surface area contributed by atoms with Crippen LogP contribution in [0.3, 0.4) is 0 Å². The van der Waals surface area contributed by atoms with E-state index in [1.165, 1.54) is 13.0 Å². The molecule has 3 amide bonds. The first kappa shape index (κ1) is 22.3. The molecule has 2 aliphatic rings. The molecule has 12 nitrogen and oxygen atoms in total. The SMILES string of the molecule is CC1=C[C@@H]2CN(C(=O)N2O[C@@H](F)C(=O)O)[C@@H]1C(=O)NCNS(N)(=O)=O.[LiH]. The number of carboxylic acids is 1. The van der Waals surface area contributed by atoms with Crippen LogP contribution in [0.1, 0.15) is 6.92 Å². The molecule has 2 bridgehead atoms. The molecule has 15 heteroatoms. The van der Waals surface area contributed by atoms with Crippen molar-refractivity contribution >= 4 is 47.0 Å². The molecular formula is C11H17FLiN5O7S. The van der Waals surface area contributed by atoms with Gasteiger partial charge in [0.25, 0.3) is 10.2 Å². The predicted molar refractivity (Wildman–Crippen MR) is 85.3 cm³/mol. The van der Waals surface area contributed by atoms with E-state index in [0.29, 0.717) is 10.6 Å². The fraction of sp³-hybridized carbons (Fsp3) is 0.545. The molecule has 0 aliphatic carbocycles. The van der Waals surface area contributed by atoms with E-state index >= 15 is 0 Å². The standard InChI is InChI=1S/C11H16FN5O7S.Li.H/c1-5-2-6-3-16(11(21)17(6)24-8(12)10(19)20)7(5)9(18)14-4-15-25(13,22)23;;/h2,6-8,15H,3-4H2,1H3,(H,14,18)(H,19,20)(H2,13,22,23);;/t6-,7+,8-;;/m1../s1. The Balaban J connectivity index is 0.00000338. The van der Waals surface area contributed by atoms with Crippen molar-refractivity contribution in [3.8, 4) is 0 Å². The van der Waals surface area contributed by atoms with Gasteiger partial charge in [0.2, 0.25) is 5.91 Å². The molecule has 142 valence electrons. The number of rotatable bonds is 7. The van der Waals surface area contributed by atoms with E-state index in [1.54, 1.807) is 0 Å². The normalized spacial score (nSPS) is 23.2. The van der Waals surface area contributed by atoms with Gasteiger partial charge in [0.15, 0.2) is 0 Å². The number of carbonyl (C=O) groups is 3. The number of carbonyl (C=O) groups excluding carboxylic acids is 2. The molecule has 2 rings (SSSR count). The summed E-state index contributed by atoms with van der Waals surface area (Å²) in [6.45, 7) is 1.03. The number of aliphatic carboxylic acids is 1. The van der Waals surface area contributed by atoms with Crippen molar-refractivity contribution in [1.82, 2.24) is 20.0 Å². The summed E-state index contributed by atoms with van der Waals surface area (Å²) in [5, 5.41) is 16.1. The maximum absolute atomic E-state index is 13.2. The van der Waals surface area contributed by atoms with Crippen LogP contribution in [0.15, 0.2) is 11.6 Å². The number of nitrogens with one attached hydrogen (secondary N) is 2. The van der Waals surface area contributed by atoms with E-state index in [9.17, 15) is 27.2 Å². The molecule has 0 aromatic rings. The summed E-state index contributed by atoms with van der Waals surface area (Å²) < 4.78 is 36.6. The third kappa shape index (κ3) is 4.93. The van der Waals surface area contributed by atoms with Crippen LogP contribution in [0.4, 0.5) is 9.18 Å². The van der Waals surface area contributed by atoms with Gasteiger partial charge in [-0.1, -0.05) is 6.08 Å². The van der Waals surface area contributed by atoms with Gasteiger partial charge < -0.3 is 15.3 Å². The number of nitrogens with two attached hydrogens (primary N) is 1. The van der Waals surface area contributed by atoms with Gasteiger partial charge in [-0.25, -0.2) is 24.0 Å². The van der Waals surface area contributed by atoms with Crippen LogP contribution in [0.2, 0.25) is 0 Å². The van der Waals surface area contributed by atoms with Gasteiger partial charge in [-0.2, -0.15) is 18.2 Å². The van der Waals surface area contributed by atoms with Crippen molar-refractivity contribution in [1.29, 1.82) is 0 Å². The third-order valence-corrected chi connectivity index (χ3v) is 4.05. The maximum atomic E-state index is 13.2. The van der Waals surface area contributed by atoms with Crippen LogP contribution >= 0.6 is 0 Å². The molecule has 0 aromatic carbocycles. The number of hydrogen-bond donors (Lipinski definition) is 4. The first-order valence-corrected chi connectivity index (χ1v) is 8.43. The zero-order valence-corrected chi connectivity index (χ0v) is 13.7. The Morgan fingerprint density at radius 3 is 2.69 bits per heavy atom. The Morgan fingerprint density at radius 2 is 2.15 bits per heavy atom. The average Bonchev–Trinajstić information content (AvgIpc) is 2.71. The zero-order valence-electron chi connectivity index (χ0n) is 12.9. The molecule has 0 spiro atoms. The summed E-state index contributed by atoms with van der Waals surface area (Å²) in [6, 6.07) is -2.72. The van der Waals surface area contributed by atoms with Crippen LogP contribution in [0.5, 0.6) is 0 Å². The van der Waals surface area contributed by atoms with Crippen molar-refractivity contribution < 1.29 is 37.1 Å². The van der Waals surface area contributed by atoms with Crippen molar-refractivity contribution in [3.63, 3.8) is 0 Å². The molecule has 2 heterocycles. The number of fused-ring (bicyclic) bond motifs is 2. The van der Waals surface area contributed by atoms with Crippen molar-refractivity contribution in [2.45, 2.75) is 25.4 Å². The molecule has 5 N–H and O–H groups in total. The van der Waals surface area contributed by atoms with Crippen LogP contribution in [-0.2, 0) is 24.6 Å². The molecule has 0 aromatic heterocycles. The molecule has 1 saturated heterocycles. The third-order valence-electron chi connectivity index (χ3n) is 3.50. The first-order valence-electron chi connectivity index (χ1n) is 6.88. The second kappa shape index (κ2) is 8.33. The van der Waals surface area contributed by atoms with E-state index in [1.807, 2.05) is 4.72 Å². The van der Waals surface area contributed by atoms with E-state index in [0.717, 1.165) is 4.90 Å². The van der Waals surface area contributed by atoms with Gasteiger partial charge in [0.1, 0.15) is 6.04 Å². The van der Waals surface area contributed by atoms with Gasteiger partial charge in [0.05, 0.1) is 19.3 Å². The number of hydrogen-bond acceptors (Lipinski definition) is 6. The van der Waals surface area contributed by atoms with Gasteiger partial charge >= 0.3 is 37.2 Å². The number of halogens is 1. The number of amides is 3. The predicted octanol–water partition coefficient (Wildman–Crippen LogP) is -3.05. The Morgan fingerprint density at radius 1 is 1.54 bits per heavy atom. The number of nitrogens with zero attached hydrogens (tertiary/aromatic N) is 2. The number of alkyl halides is 1. The quantitative estimate of drug-likeness (QED) is 0.203. The van der Waals surface area contributed by atoms with E-state index in [4.69, 9.17) is 10.2 Å². The molecule has 0 radical (unpaired) electrons. The Bertz CT molecular complexity index is 732. The number of urea groups is 1. The first-order chi connectivity index (χ1) is 11.5. The van der Waals surface area contributed by atoms with Gasteiger partial charge in [0, 0.05) is 0 Å². The minimum atomic E-state index is -4.00. The summed E-state index contributed by atoms with van der Waals surface area (Å²) in [6.07, 6.45) is -1.27. The molecule has 2 aliphatic heterocycles. The topological polar surface area (TPSA) is 171 Å².